The van der Waals surface area contributed by atoms with Crippen LogP contribution in [-0.2, 0) is 17.6 Å². The van der Waals surface area contributed by atoms with Crippen LogP contribution in [0, 0.1) is 6.92 Å². The van der Waals surface area contributed by atoms with Gasteiger partial charge in [-0.2, -0.15) is 0 Å². The van der Waals surface area contributed by atoms with Crippen molar-refractivity contribution in [1.29, 1.82) is 0 Å². The van der Waals surface area contributed by atoms with Gasteiger partial charge in [-0.1, -0.05) is 30.3 Å². The molecule has 3 aromatic rings. The van der Waals surface area contributed by atoms with E-state index in [-0.39, 0.29) is 11.9 Å². The standard InChI is InChI=1S/C19H19N3O/c1-13-5-4-10-22-12-15(20-19(13)22)11-18(23)21-17-9-8-14-6-2-3-7-16(14)17/h2-7,10,12,17H,8-9,11H2,1H3,(H,21,23)/t17-/m0/s1. The molecular weight excluding hydrogens is 286 g/mol. The van der Waals surface area contributed by atoms with Crippen molar-refractivity contribution in [2.24, 2.45) is 0 Å². The fraction of sp³-hybridized carbons (Fsp3) is 0.263. The van der Waals surface area contributed by atoms with Crippen LogP contribution in [0.25, 0.3) is 5.65 Å². The van der Waals surface area contributed by atoms with Crippen molar-refractivity contribution in [2.45, 2.75) is 32.2 Å². The summed E-state index contributed by atoms with van der Waals surface area (Å²) >= 11 is 0. The number of aromatic nitrogens is 2. The number of hydrogen-bond donors (Lipinski definition) is 1. The third-order valence-electron chi connectivity index (χ3n) is 4.54. The fourth-order valence-corrected chi connectivity index (χ4v) is 3.41. The molecule has 1 atom stereocenters. The Morgan fingerprint density at radius 1 is 1.30 bits per heavy atom. The van der Waals surface area contributed by atoms with Crippen LogP contribution in [-0.4, -0.2) is 15.3 Å². The number of benzene rings is 1. The van der Waals surface area contributed by atoms with Gasteiger partial charge in [-0.25, -0.2) is 4.98 Å². The van der Waals surface area contributed by atoms with Crippen LogP contribution < -0.4 is 5.32 Å². The van der Waals surface area contributed by atoms with Gasteiger partial charge in [0.1, 0.15) is 5.65 Å². The minimum absolute atomic E-state index is 0.0350. The largest absolute Gasteiger partial charge is 0.349 e. The Labute approximate surface area is 135 Å². The number of amides is 1. The number of nitrogens with zero attached hydrogens (tertiary/aromatic N) is 2. The molecule has 116 valence electrons. The van der Waals surface area contributed by atoms with Crippen molar-refractivity contribution < 1.29 is 4.79 Å². The summed E-state index contributed by atoms with van der Waals surface area (Å²) in [5.74, 6) is 0.0350. The van der Waals surface area contributed by atoms with Crippen LogP contribution in [0.1, 0.15) is 34.8 Å². The average Bonchev–Trinajstić information content (AvgIpc) is 3.12. The molecule has 4 heteroatoms. The first-order chi connectivity index (χ1) is 11.2. The Morgan fingerprint density at radius 3 is 3.04 bits per heavy atom. The first kappa shape index (κ1) is 14.0. The van der Waals surface area contributed by atoms with E-state index in [1.54, 1.807) is 0 Å². The van der Waals surface area contributed by atoms with Gasteiger partial charge in [-0.15, -0.1) is 0 Å². The summed E-state index contributed by atoms with van der Waals surface area (Å²) in [5, 5.41) is 3.15. The zero-order valence-corrected chi connectivity index (χ0v) is 13.1. The predicted molar refractivity (Wildman–Crippen MR) is 89.3 cm³/mol. The molecule has 23 heavy (non-hydrogen) atoms. The van der Waals surface area contributed by atoms with Crippen LogP contribution in [0.15, 0.2) is 48.8 Å². The maximum absolute atomic E-state index is 12.4. The zero-order chi connectivity index (χ0) is 15.8. The summed E-state index contributed by atoms with van der Waals surface area (Å²) in [6.45, 7) is 2.03. The van der Waals surface area contributed by atoms with Gasteiger partial charge in [0.05, 0.1) is 18.2 Å². The van der Waals surface area contributed by atoms with E-state index in [9.17, 15) is 4.79 Å². The Kier molecular flexibility index (Phi) is 3.37. The number of pyridine rings is 1. The Hall–Kier alpha value is -2.62. The van der Waals surface area contributed by atoms with Gasteiger partial charge < -0.3 is 9.72 Å². The second-order valence-corrected chi connectivity index (χ2v) is 6.19. The SMILES string of the molecule is Cc1cccn2cc(CC(=O)N[C@H]3CCc4ccccc43)nc12. The van der Waals surface area contributed by atoms with E-state index < -0.39 is 0 Å². The monoisotopic (exact) mass is 305 g/mol. The Bertz CT molecular complexity index is 881. The second-order valence-electron chi connectivity index (χ2n) is 6.19. The van der Waals surface area contributed by atoms with Gasteiger partial charge in [0.2, 0.25) is 5.91 Å². The molecule has 0 saturated carbocycles. The number of fused-ring (bicyclic) bond motifs is 2. The van der Waals surface area contributed by atoms with Crippen molar-refractivity contribution >= 4 is 11.6 Å². The molecule has 1 aliphatic rings. The summed E-state index contributed by atoms with van der Waals surface area (Å²) in [6, 6.07) is 12.5. The Balaban J connectivity index is 1.49. The summed E-state index contributed by atoms with van der Waals surface area (Å²) < 4.78 is 1.98. The molecule has 1 amide bonds. The van der Waals surface area contributed by atoms with Gasteiger partial charge in [-0.3, -0.25) is 4.79 Å². The van der Waals surface area contributed by atoms with Crippen LogP contribution >= 0.6 is 0 Å². The molecule has 0 fully saturated rings. The average molecular weight is 305 g/mol. The van der Waals surface area contributed by atoms with Gasteiger partial charge >= 0.3 is 0 Å². The number of hydrogen-bond acceptors (Lipinski definition) is 2. The van der Waals surface area contributed by atoms with Crippen LogP contribution in [0.4, 0.5) is 0 Å². The molecule has 0 radical (unpaired) electrons. The highest BCUT2D eigenvalue weighted by Crippen LogP contribution is 2.30. The van der Waals surface area contributed by atoms with E-state index in [1.807, 2.05) is 41.9 Å². The lowest BCUT2D eigenvalue weighted by atomic mass is 10.1. The van der Waals surface area contributed by atoms with E-state index in [1.165, 1.54) is 11.1 Å². The van der Waals surface area contributed by atoms with Gasteiger partial charge in [-0.05, 0) is 42.5 Å². The zero-order valence-electron chi connectivity index (χ0n) is 13.1. The first-order valence-corrected chi connectivity index (χ1v) is 8.01. The minimum atomic E-state index is 0.0350. The first-order valence-electron chi connectivity index (χ1n) is 8.01. The lowest BCUT2D eigenvalue weighted by Gasteiger charge is -2.13. The highest BCUT2D eigenvalue weighted by atomic mass is 16.1. The number of carbonyl (C=O) groups is 1. The number of nitrogens with one attached hydrogen (secondary N) is 1. The maximum atomic E-state index is 12.4. The predicted octanol–water partition coefficient (Wildman–Crippen LogP) is 2.99. The highest BCUT2D eigenvalue weighted by Gasteiger charge is 2.23. The molecule has 0 unspecified atom stereocenters. The van der Waals surface area contributed by atoms with Gasteiger partial charge in [0.15, 0.2) is 0 Å². The van der Waals surface area contributed by atoms with Crippen molar-refractivity contribution in [3.63, 3.8) is 0 Å². The molecule has 4 nitrogen and oxygen atoms in total. The molecule has 0 bridgehead atoms. The van der Waals surface area contributed by atoms with Crippen LogP contribution in [0.3, 0.4) is 0 Å². The smallest absolute Gasteiger partial charge is 0.226 e. The summed E-state index contributed by atoms with van der Waals surface area (Å²) in [5.41, 5.74) is 5.45. The van der Waals surface area contributed by atoms with E-state index >= 15 is 0 Å². The second kappa shape index (κ2) is 5.54. The quantitative estimate of drug-likeness (QED) is 0.808. The molecule has 0 aliphatic heterocycles. The fourth-order valence-electron chi connectivity index (χ4n) is 3.41. The molecule has 2 aromatic heterocycles. The van der Waals surface area contributed by atoms with Crippen molar-refractivity contribution in [1.82, 2.24) is 14.7 Å². The molecule has 1 N–H and O–H groups in total. The number of rotatable bonds is 3. The highest BCUT2D eigenvalue weighted by molar-refractivity contribution is 5.79. The van der Waals surface area contributed by atoms with Crippen molar-refractivity contribution in [3.8, 4) is 0 Å². The Morgan fingerprint density at radius 2 is 2.17 bits per heavy atom. The van der Waals surface area contributed by atoms with Crippen LogP contribution in [0.2, 0.25) is 0 Å². The molecule has 0 spiro atoms. The van der Waals surface area contributed by atoms with Crippen LogP contribution in [0.5, 0.6) is 0 Å². The molecule has 4 rings (SSSR count). The molecule has 1 aliphatic carbocycles. The topological polar surface area (TPSA) is 46.4 Å². The summed E-state index contributed by atoms with van der Waals surface area (Å²) in [4.78, 5) is 17.0. The lowest BCUT2D eigenvalue weighted by Crippen LogP contribution is -2.28. The normalized spacial score (nSPS) is 16.5. The van der Waals surface area contributed by atoms with E-state index in [0.29, 0.717) is 6.42 Å². The minimum Gasteiger partial charge on any atom is -0.349 e. The molecule has 2 heterocycles. The van der Waals surface area contributed by atoms with E-state index in [0.717, 1.165) is 29.7 Å². The molecular formula is C19H19N3O. The van der Waals surface area contributed by atoms with E-state index in [4.69, 9.17) is 0 Å². The summed E-state index contributed by atoms with van der Waals surface area (Å²) in [7, 11) is 0. The van der Waals surface area contributed by atoms with Gasteiger partial charge in [0.25, 0.3) is 0 Å². The third kappa shape index (κ3) is 2.61. The molecule has 0 saturated heterocycles. The maximum Gasteiger partial charge on any atom is 0.226 e. The molecule has 1 aromatic carbocycles. The number of aryl methyl sites for hydroxylation is 2. The number of imidazole rings is 1. The van der Waals surface area contributed by atoms with Gasteiger partial charge in [0, 0.05) is 12.4 Å². The third-order valence-corrected chi connectivity index (χ3v) is 4.54. The van der Waals surface area contributed by atoms with Crippen molar-refractivity contribution in [3.05, 3.63) is 71.2 Å². The van der Waals surface area contributed by atoms with E-state index in [2.05, 4.69) is 28.5 Å². The number of carbonyl (C=O) groups excluding carboxylic acids is 1. The summed E-state index contributed by atoms with van der Waals surface area (Å²) in [6.07, 6.45) is 6.23. The lowest BCUT2D eigenvalue weighted by molar-refractivity contribution is -0.121. The van der Waals surface area contributed by atoms with Crippen molar-refractivity contribution in [2.75, 3.05) is 0 Å².